The highest BCUT2D eigenvalue weighted by atomic mass is 16.2. The minimum atomic E-state index is 0.0656. The summed E-state index contributed by atoms with van der Waals surface area (Å²) in [5.41, 5.74) is 1.11. The Bertz CT molecular complexity index is 549. The second-order valence-corrected chi connectivity index (χ2v) is 6.95. The summed E-state index contributed by atoms with van der Waals surface area (Å²) >= 11 is 0. The number of nitrogens with one attached hydrogen (secondary N) is 2. The molecule has 5 heteroatoms. The summed E-state index contributed by atoms with van der Waals surface area (Å²) in [6.45, 7) is 2.76. The predicted octanol–water partition coefficient (Wildman–Crippen LogP) is 1.68. The lowest BCUT2D eigenvalue weighted by Gasteiger charge is -2.33. The minimum absolute atomic E-state index is 0.0656. The molecule has 3 rings (SSSR count). The maximum Gasteiger partial charge on any atom is 0.234 e. The molecule has 130 valence electrons. The average molecular weight is 329 g/mol. The van der Waals surface area contributed by atoms with Crippen molar-refractivity contribution in [3.05, 3.63) is 35.9 Å². The van der Waals surface area contributed by atoms with Crippen molar-refractivity contribution in [1.29, 1.82) is 0 Å². The van der Waals surface area contributed by atoms with Crippen molar-refractivity contribution in [2.75, 3.05) is 19.6 Å². The summed E-state index contributed by atoms with van der Waals surface area (Å²) in [6, 6.07) is 10.2. The molecule has 1 aromatic carbocycles. The van der Waals surface area contributed by atoms with Gasteiger partial charge in [0.2, 0.25) is 11.8 Å². The summed E-state index contributed by atoms with van der Waals surface area (Å²) < 4.78 is 0. The number of carbonyl (C=O) groups is 2. The third-order valence-corrected chi connectivity index (χ3v) is 5.11. The molecule has 0 aromatic heterocycles. The molecule has 2 fully saturated rings. The van der Waals surface area contributed by atoms with Crippen LogP contribution in [-0.2, 0) is 16.1 Å². The monoisotopic (exact) mass is 329 g/mol. The Balaban J connectivity index is 1.32. The highest BCUT2D eigenvalue weighted by Crippen LogP contribution is 2.26. The van der Waals surface area contributed by atoms with E-state index in [4.69, 9.17) is 0 Å². The average Bonchev–Trinajstić information content (AvgIpc) is 2.54. The maximum atomic E-state index is 12.1. The molecule has 0 spiro atoms. The van der Waals surface area contributed by atoms with Gasteiger partial charge in [0.25, 0.3) is 0 Å². The first kappa shape index (κ1) is 17.0. The molecule has 0 atom stereocenters. The second kappa shape index (κ2) is 8.29. The lowest BCUT2D eigenvalue weighted by molar-refractivity contribution is -0.129. The van der Waals surface area contributed by atoms with E-state index in [1.807, 2.05) is 30.3 Å². The summed E-state index contributed by atoms with van der Waals surface area (Å²) in [7, 11) is 0. The molecule has 2 N–H and O–H groups in total. The first-order valence-corrected chi connectivity index (χ1v) is 9.04. The highest BCUT2D eigenvalue weighted by molar-refractivity contribution is 5.79. The van der Waals surface area contributed by atoms with Crippen LogP contribution in [0.4, 0.5) is 0 Å². The number of benzene rings is 1. The van der Waals surface area contributed by atoms with Gasteiger partial charge in [0.1, 0.15) is 0 Å². The van der Waals surface area contributed by atoms with Crippen molar-refractivity contribution >= 4 is 11.8 Å². The molecule has 1 heterocycles. The van der Waals surface area contributed by atoms with Gasteiger partial charge in [-0.2, -0.15) is 0 Å². The van der Waals surface area contributed by atoms with Crippen LogP contribution in [0.3, 0.4) is 0 Å². The number of likely N-dealkylation sites (tertiary alicyclic amines) is 1. The van der Waals surface area contributed by atoms with E-state index < -0.39 is 0 Å². The van der Waals surface area contributed by atoms with E-state index in [0.29, 0.717) is 13.1 Å². The topological polar surface area (TPSA) is 61.4 Å². The van der Waals surface area contributed by atoms with Crippen molar-refractivity contribution < 1.29 is 9.59 Å². The molecule has 1 saturated carbocycles. The number of rotatable bonds is 6. The lowest BCUT2D eigenvalue weighted by atomic mass is 9.84. The normalized spacial score (nSPS) is 19.5. The summed E-state index contributed by atoms with van der Waals surface area (Å²) in [5, 5.41) is 6.14. The van der Waals surface area contributed by atoms with Gasteiger partial charge in [0.05, 0.1) is 6.54 Å². The molecule has 1 aliphatic heterocycles. The number of piperidine rings is 1. The van der Waals surface area contributed by atoms with Crippen molar-refractivity contribution in [3.8, 4) is 0 Å². The molecule has 2 aliphatic rings. The third-order valence-electron chi connectivity index (χ3n) is 5.11. The SMILES string of the molecule is O=C(CN1CCC(NC(=O)C2CCC2)CC1)NCc1ccccc1. The zero-order chi connectivity index (χ0) is 16.8. The van der Waals surface area contributed by atoms with E-state index >= 15 is 0 Å². The van der Waals surface area contributed by atoms with Gasteiger partial charge in [-0.15, -0.1) is 0 Å². The first-order valence-electron chi connectivity index (χ1n) is 9.04. The largest absolute Gasteiger partial charge is 0.353 e. The van der Waals surface area contributed by atoms with Crippen LogP contribution >= 0.6 is 0 Å². The zero-order valence-electron chi connectivity index (χ0n) is 14.2. The van der Waals surface area contributed by atoms with E-state index in [1.54, 1.807) is 0 Å². The highest BCUT2D eigenvalue weighted by Gasteiger charge is 2.28. The Hall–Kier alpha value is -1.88. The Morgan fingerprint density at radius 1 is 1.04 bits per heavy atom. The van der Waals surface area contributed by atoms with Gasteiger partial charge in [-0.05, 0) is 31.2 Å². The van der Waals surface area contributed by atoms with Crippen LogP contribution in [0.1, 0.15) is 37.7 Å². The van der Waals surface area contributed by atoms with Gasteiger partial charge in [-0.1, -0.05) is 36.8 Å². The number of nitrogens with zero attached hydrogens (tertiary/aromatic N) is 1. The smallest absolute Gasteiger partial charge is 0.234 e. The van der Waals surface area contributed by atoms with Crippen LogP contribution in [-0.4, -0.2) is 42.4 Å². The van der Waals surface area contributed by atoms with Crippen LogP contribution in [0.2, 0.25) is 0 Å². The Labute approximate surface area is 143 Å². The molecule has 0 radical (unpaired) electrons. The molecule has 2 amide bonds. The summed E-state index contributed by atoms with van der Waals surface area (Å²) in [5.74, 6) is 0.558. The zero-order valence-corrected chi connectivity index (χ0v) is 14.2. The Kier molecular flexibility index (Phi) is 5.86. The van der Waals surface area contributed by atoms with Gasteiger partial charge < -0.3 is 10.6 Å². The van der Waals surface area contributed by atoms with Gasteiger partial charge in [-0.3, -0.25) is 14.5 Å². The molecular formula is C19H27N3O2. The second-order valence-electron chi connectivity index (χ2n) is 6.95. The number of hydrogen-bond acceptors (Lipinski definition) is 3. The molecule has 5 nitrogen and oxygen atoms in total. The molecule has 1 saturated heterocycles. The van der Waals surface area contributed by atoms with E-state index in [0.717, 1.165) is 44.3 Å². The van der Waals surface area contributed by atoms with Gasteiger partial charge >= 0.3 is 0 Å². The standard InChI is InChI=1S/C19H27N3O2/c23-18(20-13-15-5-2-1-3-6-15)14-22-11-9-17(10-12-22)21-19(24)16-7-4-8-16/h1-3,5-6,16-17H,4,7-14H2,(H,20,23)(H,21,24). The van der Waals surface area contributed by atoms with E-state index in [9.17, 15) is 9.59 Å². The van der Waals surface area contributed by atoms with Crippen molar-refractivity contribution in [2.45, 2.75) is 44.7 Å². The predicted molar refractivity (Wildman–Crippen MR) is 93.2 cm³/mol. The summed E-state index contributed by atoms with van der Waals surface area (Å²) in [4.78, 5) is 26.2. The molecule has 0 bridgehead atoms. The fourth-order valence-corrected chi connectivity index (χ4v) is 3.28. The third kappa shape index (κ3) is 4.81. The van der Waals surface area contributed by atoms with Gasteiger partial charge in [0, 0.05) is 31.6 Å². The minimum Gasteiger partial charge on any atom is -0.353 e. The van der Waals surface area contributed by atoms with Gasteiger partial charge in [-0.25, -0.2) is 0 Å². The van der Waals surface area contributed by atoms with E-state index in [-0.39, 0.29) is 23.8 Å². The first-order chi connectivity index (χ1) is 11.7. The van der Waals surface area contributed by atoms with Crippen molar-refractivity contribution in [3.63, 3.8) is 0 Å². The number of amides is 2. The number of carbonyl (C=O) groups excluding carboxylic acids is 2. The Morgan fingerprint density at radius 2 is 1.75 bits per heavy atom. The van der Waals surface area contributed by atoms with Crippen molar-refractivity contribution in [2.24, 2.45) is 5.92 Å². The summed E-state index contributed by atoms with van der Waals surface area (Å²) in [6.07, 6.45) is 5.15. The maximum absolute atomic E-state index is 12.1. The van der Waals surface area contributed by atoms with Crippen LogP contribution in [0.15, 0.2) is 30.3 Å². The fraction of sp³-hybridized carbons (Fsp3) is 0.579. The molecule has 1 aliphatic carbocycles. The molecule has 0 unspecified atom stereocenters. The van der Waals surface area contributed by atoms with Crippen molar-refractivity contribution in [1.82, 2.24) is 15.5 Å². The molecule has 24 heavy (non-hydrogen) atoms. The lowest BCUT2D eigenvalue weighted by Crippen LogP contribution is -2.49. The fourth-order valence-electron chi connectivity index (χ4n) is 3.28. The van der Waals surface area contributed by atoms with Gasteiger partial charge in [0.15, 0.2) is 0 Å². The van der Waals surface area contributed by atoms with E-state index in [2.05, 4.69) is 15.5 Å². The van der Waals surface area contributed by atoms with Crippen LogP contribution in [0.25, 0.3) is 0 Å². The number of hydrogen-bond donors (Lipinski definition) is 2. The van der Waals surface area contributed by atoms with Crippen LogP contribution < -0.4 is 10.6 Å². The molecular weight excluding hydrogens is 302 g/mol. The van der Waals surface area contributed by atoms with Crippen LogP contribution in [0.5, 0.6) is 0 Å². The quantitative estimate of drug-likeness (QED) is 0.835. The Morgan fingerprint density at radius 3 is 2.38 bits per heavy atom. The van der Waals surface area contributed by atoms with E-state index in [1.165, 1.54) is 6.42 Å². The van der Waals surface area contributed by atoms with Crippen LogP contribution in [0, 0.1) is 5.92 Å². The molecule has 1 aromatic rings.